The lowest BCUT2D eigenvalue weighted by molar-refractivity contribution is 0.102. The Morgan fingerprint density at radius 3 is 2.77 bits per heavy atom. The van der Waals surface area contributed by atoms with Gasteiger partial charge in [-0.3, -0.25) is 14.8 Å². The molecule has 2 aliphatic heterocycles. The van der Waals surface area contributed by atoms with Crippen molar-refractivity contribution in [2.45, 2.75) is 13.3 Å². The summed E-state index contributed by atoms with van der Waals surface area (Å²) in [6.45, 7) is 5.41. The van der Waals surface area contributed by atoms with Gasteiger partial charge >= 0.3 is 0 Å². The Hall–Kier alpha value is -3.51. The van der Waals surface area contributed by atoms with Gasteiger partial charge in [0.2, 0.25) is 0 Å². The van der Waals surface area contributed by atoms with Crippen molar-refractivity contribution in [2.75, 3.05) is 36.5 Å². The van der Waals surface area contributed by atoms with Gasteiger partial charge < -0.3 is 15.0 Å². The van der Waals surface area contributed by atoms with E-state index in [1.54, 1.807) is 18.5 Å². The van der Waals surface area contributed by atoms with E-state index in [-0.39, 0.29) is 5.91 Å². The van der Waals surface area contributed by atoms with Crippen LogP contribution in [-0.2, 0) is 11.2 Å². The van der Waals surface area contributed by atoms with Crippen LogP contribution >= 0.6 is 0 Å². The van der Waals surface area contributed by atoms with Gasteiger partial charge in [0, 0.05) is 37.0 Å². The van der Waals surface area contributed by atoms with Crippen molar-refractivity contribution >= 4 is 28.7 Å². The number of carbonyl (C=O) groups is 1. The number of rotatable bonds is 4. The van der Waals surface area contributed by atoms with Crippen molar-refractivity contribution in [3.05, 3.63) is 83.2 Å². The van der Waals surface area contributed by atoms with Crippen LogP contribution in [0.4, 0.5) is 17.1 Å². The smallest absolute Gasteiger partial charge is 0.257 e. The van der Waals surface area contributed by atoms with Gasteiger partial charge in [-0.15, -0.1) is 0 Å². The van der Waals surface area contributed by atoms with Gasteiger partial charge in [-0.2, -0.15) is 0 Å². The summed E-state index contributed by atoms with van der Waals surface area (Å²) < 4.78 is 5.49. The van der Waals surface area contributed by atoms with Gasteiger partial charge in [-0.25, -0.2) is 0 Å². The molecule has 0 bridgehead atoms. The van der Waals surface area contributed by atoms with E-state index in [1.807, 2.05) is 24.3 Å². The van der Waals surface area contributed by atoms with E-state index in [0.29, 0.717) is 11.3 Å². The van der Waals surface area contributed by atoms with Crippen LogP contribution in [-0.4, -0.2) is 42.9 Å². The molecule has 31 heavy (non-hydrogen) atoms. The molecule has 1 saturated heterocycles. The van der Waals surface area contributed by atoms with Gasteiger partial charge in [-0.05, 0) is 48.4 Å². The minimum atomic E-state index is -0.173. The van der Waals surface area contributed by atoms with Crippen LogP contribution < -0.4 is 10.2 Å². The average Bonchev–Trinajstić information content (AvgIpc) is 3.25. The van der Waals surface area contributed by atoms with Crippen LogP contribution in [0.1, 0.15) is 27.0 Å². The van der Waals surface area contributed by atoms with Gasteiger partial charge in [0.1, 0.15) is 0 Å². The van der Waals surface area contributed by atoms with E-state index < -0.39 is 0 Å². The monoisotopic (exact) mass is 412 g/mol. The lowest BCUT2D eigenvalue weighted by Crippen LogP contribution is -2.36. The Labute approximate surface area is 181 Å². The number of fused-ring (bicyclic) bond motifs is 1. The third-order valence-electron chi connectivity index (χ3n) is 5.80. The normalized spacial score (nSPS) is 15.4. The van der Waals surface area contributed by atoms with Crippen LogP contribution in [0.25, 0.3) is 0 Å². The molecule has 0 atom stereocenters. The standard InChI is InChI=1S/C25H24N4O2/c1-17-7-8-20(29-10-12-31-13-11-29)15-22(17)23-14-18-4-2-6-21(24(18)28-23)25(30)27-19-5-3-9-26-16-19/h2-9,15-16H,10-14H2,1H3,(H,27,30). The topological polar surface area (TPSA) is 66.8 Å². The molecule has 0 saturated carbocycles. The number of hydrogen-bond donors (Lipinski definition) is 1. The first-order valence-corrected chi connectivity index (χ1v) is 10.5. The van der Waals surface area contributed by atoms with E-state index >= 15 is 0 Å². The van der Waals surface area contributed by atoms with Crippen molar-refractivity contribution in [1.82, 2.24) is 4.98 Å². The minimum absolute atomic E-state index is 0.173. The first-order chi connectivity index (χ1) is 15.2. The number of anilines is 2. The van der Waals surface area contributed by atoms with Crippen LogP contribution in [0, 0.1) is 6.92 Å². The highest BCUT2D eigenvalue weighted by molar-refractivity contribution is 6.13. The summed E-state index contributed by atoms with van der Waals surface area (Å²) in [6, 6.07) is 16.0. The lowest BCUT2D eigenvalue weighted by atomic mass is 9.98. The third-order valence-corrected chi connectivity index (χ3v) is 5.80. The van der Waals surface area contributed by atoms with Crippen LogP contribution in [0.2, 0.25) is 0 Å². The second kappa shape index (κ2) is 8.32. The summed E-state index contributed by atoms with van der Waals surface area (Å²) in [4.78, 5) is 24.3. The average molecular weight is 412 g/mol. The number of aliphatic imine (C=N–C) groups is 1. The van der Waals surface area contributed by atoms with E-state index in [0.717, 1.165) is 55.3 Å². The SMILES string of the molecule is Cc1ccc(N2CCOCC2)cc1C1=Nc2c(cccc2C(=O)Nc2cccnc2)C1. The Balaban J connectivity index is 1.45. The van der Waals surface area contributed by atoms with Crippen molar-refractivity contribution < 1.29 is 9.53 Å². The molecule has 0 spiro atoms. The number of nitrogens with zero attached hydrogens (tertiary/aromatic N) is 3. The van der Waals surface area contributed by atoms with Crippen LogP contribution in [0.5, 0.6) is 0 Å². The first kappa shape index (κ1) is 19.5. The fourth-order valence-electron chi connectivity index (χ4n) is 4.13. The molecule has 0 aliphatic carbocycles. The quantitative estimate of drug-likeness (QED) is 0.699. The van der Waals surface area contributed by atoms with E-state index in [9.17, 15) is 4.79 Å². The second-order valence-electron chi connectivity index (χ2n) is 7.84. The molecule has 1 aromatic heterocycles. The van der Waals surface area contributed by atoms with Gasteiger partial charge in [-0.1, -0.05) is 18.2 Å². The van der Waals surface area contributed by atoms with E-state index in [4.69, 9.17) is 9.73 Å². The van der Waals surface area contributed by atoms with Crippen molar-refractivity contribution in [3.63, 3.8) is 0 Å². The molecule has 0 radical (unpaired) electrons. The number of pyridine rings is 1. The molecule has 1 amide bonds. The molecule has 6 heteroatoms. The van der Waals surface area contributed by atoms with Gasteiger partial charge in [0.15, 0.2) is 0 Å². The molecule has 1 fully saturated rings. The van der Waals surface area contributed by atoms with Crippen LogP contribution in [0.3, 0.4) is 0 Å². The van der Waals surface area contributed by atoms with Crippen molar-refractivity contribution in [3.8, 4) is 0 Å². The molecular formula is C25H24N4O2. The Bertz CT molecular complexity index is 1150. The summed E-state index contributed by atoms with van der Waals surface area (Å²) in [7, 11) is 0. The van der Waals surface area contributed by atoms with Crippen molar-refractivity contribution in [1.29, 1.82) is 0 Å². The molecule has 1 N–H and O–H groups in total. The number of morpholine rings is 1. The highest BCUT2D eigenvalue weighted by Gasteiger charge is 2.23. The number of amides is 1. The Morgan fingerprint density at radius 2 is 1.97 bits per heavy atom. The van der Waals surface area contributed by atoms with E-state index in [1.165, 1.54) is 11.3 Å². The molecule has 3 heterocycles. The summed E-state index contributed by atoms with van der Waals surface area (Å²) >= 11 is 0. The highest BCUT2D eigenvalue weighted by Crippen LogP contribution is 2.34. The summed E-state index contributed by atoms with van der Waals surface area (Å²) in [5.74, 6) is -0.173. The van der Waals surface area contributed by atoms with Crippen LogP contribution in [0.15, 0.2) is 65.9 Å². The second-order valence-corrected chi connectivity index (χ2v) is 7.84. The number of carbonyl (C=O) groups excluding carboxylic acids is 1. The predicted molar refractivity (Wildman–Crippen MR) is 123 cm³/mol. The number of aromatic nitrogens is 1. The van der Waals surface area contributed by atoms with E-state index in [2.05, 4.69) is 40.3 Å². The number of hydrogen-bond acceptors (Lipinski definition) is 5. The lowest BCUT2D eigenvalue weighted by Gasteiger charge is -2.29. The molecule has 0 unspecified atom stereocenters. The molecule has 2 aliphatic rings. The molecule has 5 rings (SSSR count). The maximum absolute atomic E-state index is 12.9. The number of benzene rings is 2. The number of nitrogens with one attached hydrogen (secondary N) is 1. The maximum Gasteiger partial charge on any atom is 0.257 e. The summed E-state index contributed by atoms with van der Waals surface area (Å²) in [5, 5.41) is 2.92. The summed E-state index contributed by atoms with van der Waals surface area (Å²) in [6.07, 6.45) is 4.03. The Kier molecular flexibility index (Phi) is 5.22. The predicted octanol–water partition coefficient (Wildman–Crippen LogP) is 4.16. The summed E-state index contributed by atoms with van der Waals surface area (Å²) in [5.41, 5.74) is 7.60. The third kappa shape index (κ3) is 3.94. The van der Waals surface area contributed by atoms with Gasteiger partial charge in [0.05, 0.1) is 42.1 Å². The molecule has 156 valence electrons. The largest absolute Gasteiger partial charge is 0.378 e. The minimum Gasteiger partial charge on any atom is -0.378 e. The molecule has 3 aromatic rings. The van der Waals surface area contributed by atoms with Crippen molar-refractivity contribution in [2.24, 2.45) is 4.99 Å². The fraction of sp³-hybridized carbons (Fsp3) is 0.240. The molecule has 6 nitrogen and oxygen atoms in total. The fourth-order valence-corrected chi connectivity index (χ4v) is 4.13. The highest BCUT2D eigenvalue weighted by atomic mass is 16.5. The molecular weight excluding hydrogens is 388 g/mol. The number of aryl methyl sites for hydroxylation is 1. The zero-order valence-electron chi connectivity index (χ0n) is 17.5. The number of ether oxygens (including phenoxy) is 1. The van der Waals surface area contributed by atoms with Gasteiger partial charge in [0.25, 0.3) is 5.91 Å². The molecule has 2 aromatic carbocycles. The maximum atomic E-state index is 12.9. The zero-order chi connectivity index (χ0) is 21.2. The zero-order valence-corrected chi connectivity index (χ0v) is 17.5. The Morgan fingerprint density at radius 1 is 1.10 bits per heavy atom. The number of para-hydroxylation sites is 1. The first-order valence-electron chi connectivity index (χ1n) is 10.5.